The van der Waals surface area contributed by atoms with Crippen LogP contribution in [0.5, 0.6) is 0 Å². The summed E-state index contributed by atoms with van der Waals surface area (Å²) in [5, 5.41) is 0. The van der Waals surface area contributed by atoms with Gasteiger partial charge in [0.25, 0.3) is 0 Å². The van der Waals surface area contributed by atoms with Gasteiger partial charge in [-0.25, -0.2) is 0 Å². The van der Waals surface area contributed by atoms with E-state index in [1.807, 2.05) is 0 Å². The van der Waals surface area contributed by atoms with Gasteiger partial charge in [0.05, 0.1) is 6.04 Å². The average molecular weight is 415 g/mol. The van der Waals surface area contributed by atoms with E-state index < -0.39 is 24.3 Å². The lowest BCUT2D eigenvalue weighted by Crippen LogP contribution is -2.44. The highest BCUT2D eigenvalue weighted by molar-refractivity contribution is 9.11. The Morgan fingerprint density at radius 1 is 0.947 bits per heavy atom. The fraction of sp³-hybridized carbons (Fsp3) is 0.400. The van der Waals surface area contributed by atoms with Crippen LogP contribution in [-0.2, 0) is 0 Å². The molecule has 2 N–H and O–H groups in total. The second kappa shape index (κ2) is 5.61. The highest BCUT2D eigenvalue weighted by Crippen LogP contribution is 2.46. The molecule has 0 spiro atoms. The lowest BCUT2D eigenvalue weighted by atomic mass is 9.92. The van der Waals surface area contributed by atoms with E-state index in [4.69, 9.17) is 5.73 Å². The zero-order valence-electron chi connectivity index (χ0n) is 8.99. The number of halogens is 8. The maximum Gasteiger partial charge on any atom is 0.402 e. The van der Waals surface area contributed by atoms with Crippen LogP contribution < -0.4 is 5.73 Å². The molecule has 1 rings (SSSR count). The highest BCUT2D eigenvalue weighted by atomic mass is 79.9. The third-order valence-electron chi connectivity index (χ3n) is 2.38. The van der Waals surface area contributed by atoms with Crippen molar-refractivity contribution in [3.63, 3.8) is 0 Å². The van der Waals surface area contributed by atoms with Crippen molar-refractivity contribution in [2.45, 2.75) is 18.4 Å². The minimum absolute atomic E-state index is 0.0849. The smallest absolute Gasteiger partial charge is 0.323 e. The largest absolute Gasteiger partial charge is 0.402 e. The molecule has 108 valence electrons. The fourth-order valence-corrected chi connectivity index (χ4v) is 2.43. The van der Waals surface area contributed by atoms with Crippen molar-refractivity contribution in [1.29, 1.82) is 0 Å². The molecule has 9 heteroatoms. The standard InChI is InChI=1S/C10H7Br2F6N/c11-4-1-2-6(12)5(3-4)7(19)8(9(13,14)15)10(16,17)18/h1-3,7-8H,19H2. The van der Waals surface area contributed by atoms with E-state index in [2.05, 4.69) is 31.9 Å². The molecule has 0 saturated heterocycles. The van der Waals surface area contributed by atoms with Gasteiger partial charge in [0, 0.05) is 8.95 Å². The van der Waals surface area contributed by atoms with Crippen LogP contribution in [0.4, 0.5) is 26.3 Å². The van der Waals surface area contributed by atoms with Crippen molar-refractivity contribution in [3.8, 4) is 0 Å². The van der Waals surface area contributed by atoms with Gasteiger partial charge >= 0.3 is 12.4 Å². The van der Waals surface area contributed by atoms with Gasteiger partial charge in [-0.15, -0.1) is 0 Å². The zero-order chi connectivity index (χ0) is 15.0. The second-order valence-corrected chi connectivity index (χ2v) is 5.52. The summed E-state index contributed by atoms with van der Waals surface area (Å²) in [6, 6.07) is 1.67. The minimum Gasteiger partial charge on any atom is -0.323 e. The van der Waals surface area contributed by atoms with Crippen LogP contribution in [0.15, 0.2) is 27.1 Å². The first-order valence-electron chi connectivity index (χ1n) is 4.78. The van der Waals surface area contributed by atoms with Gasteiger partial charge < -0.3 is 5.73 Å². The number of rotatable bonds is 2. The summed E-state index contributed by atoms with van der Waals surface area (Å²) in [7, 11) is 0. The monoisotopic (exact) mass is 413 g/mol. The Bertz CT molecular complexity index is 442. The van der Waals surface area contributed by atoms with E-state index >= 15 is 0 Å². The molecule has 0 aliphatic carbocycles. The molecule has 0 saturated carbocycles. The minimum atomic E-state index is -5.47. The number of alkyl halides is 6. The Balaban J connectivity index is 3.28. The molecule has 19 heavy (non-hydrogen) atoms. The molecule has 0 radical (unpaired) electrons. The lowest BCUT2D eigenvalue weighted by molar-refractivity contribution is -0.290. The summed E-state index contributed by atoms with van der Waals surface area (Å²) in [6.07, 6.45) is -10.9. The van der Waals surface area contributed by atoms with Crippen molar-refractivity contribution in [2.24, 2.45) is 11.7 Å². The van der Waals surface area contributed by atoms with Crippen molar-refractivity contribution in [1.82, 2.24) is 0 Å². The van der Waals surface area contributed by atoms with Crippen molar-refractivity contribution in [2.75, 3.05) is 0 Å². The van der Waals surface area contributed by atoms with Gasteiger partial charge in [-0.3, -0.25) is 0 Å². The third kappa shape index (κ3) is 4.09. The van der Waals surface area contributed by atoms with Crippen LogP contribution in [0.3, 0.4) is 0 Å². The molecule has 0 aliphatic heterocycles. The number of nitrogens with two attached hydrogens (primary N) is 1. The first kappa shape index (κ1) is 16.8. The van der Waals surface area contributed by atoms with E-state index in [9.17, 15) is 26.3 Å². The summed E-state index contributed by atoms with van der Waals surface area (Å²) in [6.45, 7) is 0. The number of benzene rings is 1. The quantitative estimate of drug-likeness (QED) is 0.680. The van der Waals surface area contributed by atoms with Crippen molar-refractivity contribution in [3.05, 3.63) is 32.7 Å². The molecule has 1 unspecified atom stereocenters. The molecular formula is C10H7Br2F6N. The topological polar surface area (TPSA) is 26.0 Å². The van der Waals surface area contributed by atoms with Gasteiger partial charge in [-0.2, -0.15) is 26.3 Å². The molecule has 1 atom stereocenters. The van der Waals surface area contributed by atoms with Crippen LogP contribution in [0.1, 0.15) is 11.6 Å². The van der Waals surface area contributed by atoms with Crippen LogP contribution >= 0.6 is 31.9 Å². The highest BCUT2D eigenvalue weighted by Gasteiger charge is 2.59. The van der Waals surface area contributed by atoms with Crippen LogP contribution in [0.25, 0.3) is 0 Å². The van der Waals surface area contributed by atoms with Gasteiger partial charge in [0.1, 0.15) is 0 Å². The lowest BCUT2D eigenvalue weighted by Gasteiger charge is -2.29. The van der Waals surface area contributed by atoms with Crippen molar-refractivity contribution >= 4 is 31.9 Å². The van der Waals surface area contributed by atoms with Crippen LogP contribution in [0, 0.1) is 5.92 Å². The summed E-state index contributed by atoms with van der Waals surface area (Å²) in [5.74, 6) is -3.62. The molecule has 0 aliphatic rings. The van der Waals surface area contributed by atoms with E-state index in [1.54, 1.807) is 0 Å². The Labute approximate surface area is 121 Å². The maximum atomic E-state index is 12.6. The molecule has 0 aromatic heterocycles. The predicted octanol–water partition coefficient (Wildman–Crippen LogP) is 4.95. The second-order valence-electron chi connectivity index (χ2n) is 3.75. The molecule has 0 heterocycles. The Morgan fingerprint density at radius 2 is 1.42 bits per heavy atom. The zero-order valence-corrected chi connectivity index (χ0v) is 12.2. The maximum absolute atomic E-state index is 12.6. The molecular weight excluding hydrogens is 408 g/mol. The third-order valence-corrected chi connectivity index (χ3v) is 3.60. The Morgan fingerprint density at radius 3 is 1.84 bits per heavy atom. The fourth-order valence-electron chi connectivity index (χ4n) is 1.54. The van der Waals surface area contributed by atoms with Crippen LogP contribution in [-0.4, -0.2) is 12.4 Å². The molecule has 0 amide bonds. The SMILES string of the molecule is NC(c1cc(Br)ccc1Br)C(C(F)(F)F)C(F)(F)F. The number of hydrogen-bond acceptors (Lipinski definition) is 1. The Kier molecular flexibility index (Phi) is 4.95. The first-order chi connectivity index (χ1) is 8.44. The molecule has 1 nitrogen and oxygen atoms in total. The summed E-state index contributed by atoms with van der Waals surface area (Å²) >= 11 is 5.87. The van der Waals surface area contributed by atoms with E-state index in [-0.39, 0.29) is 10.0 Å². The summed E-state index contributed by atoms with van der Waals surface area (Å²) in [5.41, 5.74) is 4.92. The molecule has 0 fully saturated rings. The van der Waals surface area contributed by atoms with E-state index in [0.29, 0.717) is 4.47 Å². The first-order valence-corrected chi connectivity index (χ1v) is 6.37. The normalized spacial score (nSPS) is 14.8. The predicted molar refractivity (Wildman–Crippen MR) is 64.4 cm³/mol. The summed E-state index contributed by atoms with van der Waals surface area (Å²) in [4.78, 5) is 0. The van der Waals surface area contributed by atoms with Crippen molar-refractivity contribution < 1.29 is 26.3 Å². The number of hydrogen-bond donors (Lipinski definition) is 1. The average Bonchev–Trinajstić information content (AvgIpc) is 2.17. The molecule has 1 aromatic carbocycles. The van der Waals surface area contributed by atoms with E-state index in [1.165, 1.54) is 12.1 Å². The van der Waals surface area contributed by atoms with Gasteiger partial charge in [0.2, 0.25) is 0 Å². The summed E-state index contributed by atoms with van der Waals surface area (Å²) < 4.78 is 75.8. The van der Waals surface area contributed by atoms with Gasteiger partial charge in [0.15, 0.2) is 5.92 Å². The van der Waals surface area contributed by atoms with Gasteiger partial charge in [-0.1, -0.05) is 31.9 Å². The molecule has 1 aromatic rings. The van der Waals surface area contributed by atoms with Crippen LogP contribution in [0.2, 0.25) is 0 Å². The van der Waals surface area contributed by atoms with E-state index in [0.717, 1.165) is 6.07 Å². The van der Waals surface area contributed by atoms with Gasteiger partial charge in [-0.05, 0) is 23.8 Å². The Hall–Kier alpha value is -0.280. The molecule has 0 bridgehead atoms.